The molecule has 1 aliphatic heterocycles. The Hall–Kier alpha value is -2.15. The molecule has 3 rings (SSSR count). The molecule has 1 fully saturated rings. The molecule has 2 aromatic rings. The SMILES string of the molecule is O=C(NCC(O)CN1CCOCC1)c1cccc(-c2ccoc2)c1. The van der Waals surface area contributed by atoms with Gasteiger partial charge >= 0.3 is 0 Å². The van der Waals surface area contributed by atoms with E-state index in [1.54, 1.807) is 18.6 Å². The molecule has 6 nitrogen and oxygen atoms in total. The van der Waals surface area contributed by atoms with Gasteiger partial charge < -0.3 is 19.6 Å². The molecule has 128 valence electrons. The summed E-state index contributed by atoms with van der Waals surface area (Å²) >= 11 is 0. The van der Waals surface area contributed by atoms with Gasteiger partial charge in [0.05, 0.1) is 31.8 Å². The Morgan fingerprint density at radius 1 is 1.25 bits per heavy atom. The summed E-state index contributed by atoms with van der Waals surface area (Å²) in [5.74, 6) is -0.193. The van der Waals surface area contributed by atoms with Crippen molar-refractivity contribution < 1.29 is 19.1 Å². The molecule has 1 aromatic heterocycles. The molecule has 1 saturated heterocycles. The monoisotopic (exact) mass is 330 g/mol. The van der Waals surface area contributed by atoms with Crippen molar-refractivity contribution in [2.24, 2.45) is 0 Å². The van der Waals surface area contributed by atoms with E-state index in [0.717, 1.165) is 24.2 Å². The van der Waals surface area contributed by atoms with Gasteiger partial charge in [0.1, 0.15) is 0 Å². The standard InChI is InChI=1S/C18H22N2O4/c21-17(12-20-5-8-23-9-6-20)11-19-18(22)15-3-1-2-14(10-15)16-4-7-24-13-16/h1-4,7,10,13,17,21H,5-6,8-9,11-12H2,(H,19,22). The van der Waals surface area contributed by atoms with Crippen molar-refractivity contribution in [2.75, 3.05) is 39.4 Å². The number of furan rings is 1. The molecule has 0 bridgehead atoms. The van der Waals surface area contributed by atoms with Gasteiger partial charge in [-0.05, 0) is 23.8 Å². The van der Waals surface area contributed by atoms with Crippen molar-refractivity contribution >= 4 is 5.91 Å². The molecule has 0 saturated carbocycles. The Balaban J connectivity index is 1.52. The molecular formula is C18H22N2O4. The minimum absolute atomic E-state index is 0.193. The van der Waals surface area contributed by atoms with Crippen molar-refractivity contribution in [3.63, 3.8) is 0 Å². The van der Waals surface area contributed by atoms with Gasteiger partial charge in [-0.3, -0.25) is 9.69 Å². The highest BCUT2D eigenvalue weighted by molar-refractivity contribution is 5.95. The summed E-state index contributed by atoms with van der Waals surface area (Å²) < 4.78 is 10.4. The molecule has 1 amide bonds. The van der Waals surface area contributed by atoms with Gasteiger partial charge in [0.15, 0.2) is 0 Å². The lowest BCUT2D eigenvalue weighted by Crippen LogP contribution is -2.44. The number of nitrogens with zero attached hydrogens (tertiary/aromatic N) is 1. The van der Waals surface area contributed by atoms with Gasteiger partial charge in [0, 0.05) is 37.3 Å². The molecule has 1 aliphatic rings. The van der Waals surface area contributed by atoms with E-state index < -0.39 is 6.10 Å². The molecule has 24 heavy (non-hydrogen) atoms. The number of hydrogen-bond donors (Lipinski definition) is 2. The number of rotatable bonds is 6. The summed E-state index contributed by atoms with van der Waals surface area (Å²) in [6, 6.07) is 9.18. The van der Waals surface area contributed by atoms with Gasteiger partial charge in [-0.15, -0.1) is 0 Å². The van der Waals surface area contributed by atoms with E-state index >= 15 is 0 Å². The van der Waals surface area contributed by atoms with Crippen LogP contribution in [0.15, 0.2) is 47.3 Å². The Kier molecular flexibility index (Phi) is 5.63. The van der Waals surface area contributed by atoms with Crippen LogP contribution in [0, 0.1) is 0 Å². The number of aliphatic hydroxyl groups excluding tert-OH is 1. The molecule has 2 N–H and O–H groups in total. The van der Waals surface area contributed by atoms with Crippen LogP contribution in [0.4, 0.5) is 0 Å². The lowest BCUT2D eigenvalue weighted by molar-refractivity contribution is 0.0149. The number of amides is 1. The smallest absolute Gasteiger partial charge is 0.251 e. The number of hydrogen-bond acceptors (Lipinski definition) is 5. The highest BCUT2D eigenvalue weighted by Gasteiger charge is 2.16. The zero-order valence-corrected chi connectivity index (χ0v) is 13.5. The van der Waals surface area contributed by atoms with E-state index in [-0.39, 0.29) is 12.5 Å². The predicted octanol–water partition coefficient (Wildman–Crippen LogP) is 1.37. The van der Waals surface area contributed by atoms with Crippen LogP contribution in [0.2, 0.25) is 0 Å². The predicted molar refractivity (Wildman–Crippen MR) is 89.7 cm³/mol. The number of ether oxygens (including phenoxy) is 1. The van der Waals surface area contributed by atoms with E-state index in [9.17, 15) is 9.90 Å². The first-order valence-corrected chi connectivity index (χ1v) is 8.11. The molecule has 1 aromatic carbocycles. The summed E-state index contributed by atoms with van der Waals surface area (Å²) in [5, 5.41) is 12.9. The van der Waals surface area contributed by atoms with Crippen molar-refractivity contribution in [2.45, 2.75) is 6.10 Å². The largest absolute Gasteiger partial charge is 0.472 e. The van der Waals surface area contributed by atoms with Gasteiger partial charge in [0.25, 0.3) is 5.91 Å². The number of carbonyl (C=O) groups excluding carboxylic acids is 1. The average Bonchev–Trinajstić information content (AvgIpc) is 3.15. The van der Waals surface area contributed by atoms with Crippen LogP contribution in [0.25, 0.3) is 11.1 Å². The van der Waals surface area contributed by atoms with E-state index in [1.165, 1.54) is 0 Å². The van der Waals surface area contributed by atoms with Crippen LogP contribution in [0.1, 0.15) is 10.4 Å². The fraction of sp³-hybridized carbons (Fsp3) is 0.389. The third kappa shape index (κ3) is 4.44. The second-order valence-corrected chi connectivity index (χ2v) is 5.87. The normalized spacial score (nSPS) is 16.7. The first kappa shape index (κ1) is 16.7. The zero-order valence-electron chi connectivity index (χ0n) is 13.5. The molecule has 2 heterocycles. The fourth-order valence-corrected chi connectivity index (χ4v) is 2.73. The van der Waals surface area contributed by atoms with E-state index in [0.29, 0.717) is 25.3 Å². The summed E-state index contributed by atoms with van der Waals surface area (Å²) in [6.07, 6.45) is 2.65. The summed E-state index contributed by atoms with van der Waals surface area (Å²) in [4.78, 5) is 14.4. The number of aliphatic hydroxyl groups is 1. The Morgan fingerprint density at radius 3 is 2.83 bits per heavy atom. The lowest BCUT2D eigenvalue weighted by Gasteiger charge is -2.28. The number of nitrogens with one attached hydrogen (secondary N) is 1. The maximum Gasteiger partial charge on any atom is 0.251 e. The fourth-order valence-electron chi connectivity index (χ4n) is 2.73. The summed E-state index contributed by atoms with van der Waals surface area (Å²) in [7, 11) is 0. The van der Waals surface area contributed by atoms with Crippen molar-refractivity contribution in [3.8, 4) is 11.1 Å². The Labute approximate surface area is 141 Å². The van der Waals surface area contributed by atoms with Crippen LogP contribution in [-0.4, -0.2) is 61.4 Å². The highest BCUT2D eigenvalue weighted by atomic mass is 16.5. The summed E-state index contributed by atoms with van der Waals surface area (Å²) in [6.45, 7) is 3.79. The number of β-amino-alcohol motifs (C(OH)–C–C–N with tert-alkyl or cyclic N) is 1. The number of benzene rings is 1. The van der Waals surface area contributed by atoms with Gasteiger partial charge in [-0.1, -0.05) is 12.1 Å². The van der Waals surface area contributed by atoms with E-state index in [2.05, 4.69) is 10.2 Å². The van der Waals surface area contributed by atoms with Crippen LogP contribution >= 0.6 is 0 Å². The van der Waals surface area contributed by atoms with Crippen LogP contribution in [-0.2, 0) is 4.74 Å². The zero-order chi connectivity index (χ0) is 16.8. The molecule has 6 heteroatoms. The van der Waals surface area contributed by atoms with Gasteiger partial charge in [-0.25, -0.2) is 0 Å². The average molecular weight is 330 g/mol. The van der Waals surface area contributed by atoms with Crippen LogP contribution in [0.5, 0.6) is 0 Å². The maximum atomic E-state index is 12.3. The van der Waals surface area contributed by atoms with Crippen molar-refractivity contribution in [1.29, 1.82) is 0 Å². The molecule has 1 atom stereocenters. The molecule has 1 unspecified atom stereocenters. The second kappa shape index (κ2) is 8.10. The van der Waals surface area contributed by atoms with E-state index in [4.69, 9.17) is 9.15 Å². The summed E-state index contributed by atoms with van der Waals surface area (Å²) in [5.41, 5.74) is 2.41. The minimum Gasteiger partial charge on any atom is -0.472 e. The Bertz CT molecular complexity index is 651. The first-order chi connectivity index (χ1) is 11.7. The minimum atomic E-state index is -0.593. The second-order valence-electron chi connectivity index (χ2n) is 5.87. The van der Waals surface area contributed by atoms with Gasteiger partial charge in [-0.2, -0.15) is 0 Å². The molecule has 0 radical (unpaired) electrons. The molecular weight excluding hydrogens is 308 g/mol. The topological polar surface area (TPSA) is 74.9 Å². The molecule has 0 aliphatic carbocycles. The number of morpholine rings is 1. The van der Waals surface area contributed by atoms with Crippen molar-refractivity contribution in [3.05, 3.63) is 48.4 Å². The Morgan fingerprint density at radius 2 is 2.08 bits per heavy atom. The van der Waals surface area contributed by atoms with Gasteiger partial charge in [0.2, 0.25) is 0 Å². The quantitative estimate of drug-likeness (QED) is 0.837. The lowest BCUT2D eigenvalue weighted by atomic mass is 10.1. The van der Waals surface area contributed by atoms with Crippen molar-refractivity contribution in [1.82, 2.24) is 10.2 Å². The first-order valence-electron chi connectivity index (χ1n) is 8.11. The third-order valence-corrected chi connectivity index (χ3v) is 4.05. The highest BCUT2D eigenvalue weighted by Crippen LogP contribution is 2.20. The van der Waals surface area contributed by atoms with Crippen LogP contribution in [0.3, 0.4) is 0 Å². The maximum absolute atomic E-state index is 12.3. The van der Waals surface area contributed by atoms with Crippen LogP contribution < -0.4 is 5.32 Å². The van der Waals surface area contributed by atoms with E-state index in [1.807, 2.05) is 24.3 Å². The third-order valence-electron chi connectivity index (χ3n) is 4.05. The number of carbonyl (C=O) groups is 1. The molecule has 0 spiro atoms.